The maximum absolute atomic E-state index is 12.2. The second-order valence-corrected chi connectivity index (χ2v) is 6.62. The average molecular weight is 312 g/mol. The maximum atomic E-state index is 12.2. The van der Waals surface area contributed by atoms with Crippen LogP contribution in [0.3, 0.4) is 0 Å². The first kappa shape index (κ1) is 17.5. The Kier molecular flexibility index (Phi) is 5.05. The molecule has 0 fully saturated rings. The monoisotopic (exact) mass is 311 g/mol. The standard InChI is InChI=1S/C16H22ClNO3/c1-11-8-7-9-12(13(11)17)16(5,10-19)18(6)14(20)21-15(2,3)4/h7-10H,1-6H3. The lowest BCUT2D eigenvalue weighted by Gasteiger charge is -2.36. The second-order valence-electron chi connectivity index (χ2n) is 6.24. The van der Waals surface area contributed by atoms with Gasteiger partial charge in [0.15, 0.2) is 0 Å². The van der Waals surface area contributed by atoms with Crippen molar-refractivity contribution in [3.8, 4) is 0 Å². The highest BCUT2D eigenvalue weighted by Gasteiger charge is 2.38. The lowest BCUT2D eigenvalue weighted by Crippen LogP contribution is -2.48. The number of hydrogen-bond donors (Lipinski definition) is 0. The van der Waals surface area contributed by atoms with E-state index >= 15 is 0 Å². The van der Waals surface area contributed by atoms with Gasteiger partial charge in [-0.25, -0.2) is 4.79 Å². The van der Waals surface area contributed by atoms with E-state index in [1.165, 1.54) is 11.9 Å². The smallest absolute Gasteiger partial charge is 0.411 e. The molecule has 0 aliphatic heterocycles. The fourth-order valence-corrected chi connectivity index (χ4v) is 2.20. The molecule has 0 bridgehead atoms. The van der Waals surface area contributed by atoms with Gasteiger partial charge in [-0.2, -0.15) is 0 Å². The van der Waals surface area contributed by atoms with Crippen LogP contribution < -0.4 is 0 Å². The molecule has 21 heavy (non-hydrogen) atoms. The molecule has 1 rings (SSSR count). The Hall–Kier alpha value is -1.55. The number of ether oxygens (including phenoxy) is 1. The summed E-state index contributed by atoms with van der Waals surface area (Å²) < 4.78 is 5.32. The van der Waals surface area contributed by atoms with E-state index in [0.29, 0.717) is 16.9 Å². The molecule has 0 aromatic heterocycles. The molecule has 1 unspecified atom stereocenters. The molecular weight excluding hydrogens is 290 g/mol. The van der Waals surface area contributed by atoms with Crippen molar-refractivity contribution in [3.63, 3.8) is 0 Å². The van der Waals surface area contributed by atoms with Crippen molar-refractivity contribution in [1.29, 1.82) is 0 Å². The van der Waals surface area contributed by atoms with Crippen LogP contribution in [0.15, 0.2) is 18.2 Å². The lowest BCUT2D eigenvalue weighted by molar-refractivity contribution is -0.117. The molecule has 4 nitrogen and oxygen atoms in total. The molecule has 0 radical (unpaired) electrons. The van der Waals surface area contributed by atoms with Crippen LogP contribution in [0.1, 0.15) is 38.8 Å². The van der Waals surface area contributed by atoms with E-state index in [0.717, 1.165) is 5.56 Å². The number of aryl methyl sites for hydroxylation is 1. The molecule has 0 aliphatic rings. The zero-order valence-corrected chi connectivity index (χ0v) is 14.1. The highest BCUT2D eigenvalue weighted by Crippen LogP contribution is 2.33. The Morgan fingerprint density at radius 3 is 2.33 bits per heavy atom. The molecule has 1 amide bonds. The summed E-state index contributed by atoms with van der Waals surface area (Å²) in [6.07, 6.45) is 0.132. The number of amides is 1. The van der Waals surface area contributed by atoms with E-state index in [9.17, 15) is 9.59 Å². The van der Waals surface area contributed by atoms with Crippen LogP contribution in [0, 0.1) is 6.92 Å². The van der Waals surface area contributed by atoms with Crippen LogP contribution in [-0.4, -0.2) is 29.9 Å². The van der Waals surface area contributed by atoms with Crippen molar-refractivity contribution >= 4 is 24.0 Å². The first-order valence-electron chi connectivity index (χ1n) is 6.71. The number of hydrogen-bond acceptors (Lipinski definition) is 3. The maximum Gasteiger partial charge on any atom is 0.411 e. The molecular formula is C16H22ClNO3. The number of rotatable bonds is 3. The Balaban J connectivity index is 3.23. The summed E-state index contributed by atoms with van der Waals surface area (Å²) in [7, 11) is 1.53. The Morgan fingerprint density at radius 1 is 1.29 bits per heavy atom. The summed E-state index contributed by atoms with van der Waals surface area (Å²) >= 11 is 6.30. The van der Waals surface area contributed by atoms with Crippen molar-refractivity contribution in [3.05, 3.63) is 34.3 Å². The van der Waals surface area contributed by atoms with Gasteiger partial charge in [-0.05, 0) is 40.2 Å². The van der Waals surface area contributed by atoms with Crippen LogP contribution in [0.25, 0.3) is 0 Å². The van der Waals surface area contributed by atoms with E-state index in [1.807, 2.05) is 13.0 Å². The van der Waals surface area contributed by atoms with Crippen molar-refractivity contribution in [2.75, 3.05) is 7.05 Å². The minimum absolute atomic E-state index is 0.475. The summed E-state index contributed by atoms with van der Waals surface area (Å²) in [5.74, 6) is 0. The summed E-state index contributed by atoms with van der Waals surface area (Å²) in [5, 5.41) is 0.475. The molecule has 0 saturated carbocycles. The highest BCUT2D eigenvalue weighted by molar-refractivity contribution is 6.32. The van der Waals surface area contributed by atoms with Gasteiger partial charge in [-0.15, -0.1) is 0 Å². The fraction of sp³-hybridized carbons (Fsp3) is 0.500. The minimum atomic E-state index is -1.19. The molecule has 0 aliphatic carbocycles. The van der Waals surface area contributed by atoms with Crippen LogP contribution >= 0.6 is 11.6 Å². The molecule has 116 valence electrons. The number of carbonyl (C=O) groups excluding carboxylic acids is 2. The number of halogens is 1. The van der Waals surface area contributed by atoms with Gasteiger partial charge >= 0.3 is 6.09 Å². The van der Waals surface area contributed by atoms with Crippen LogP contribution in [0.4, 0.5) is 4.79 Å². The van der Waals surface area contributed by atoms with Crippen molar-refractivity contribution < 1.29 is 14.3 Å². The normalized spacial score (nSPS) is 14.2. The Morgan fingerprint density at radius 2 is 1.86 bits per heavy atom. The highest BCUT2D eigenvalue weighted by atomic mass is 35.5. The van der Waals surface area contributed by atoms with Crippen molar-refractivity contribution in [2.45, 2.75) is 45.8 Å². The van der Waals surface area contributed by atoms with E-state index in [-0.39, 0.29) is 0 Å². The number of likely N-dealkylation sites (N-methyl/N-ethyl adjacent to an activating group) is 1. The van der Waals surface area contributed by atoms with E-state index in [1.54, 1.807) is 39.8 Å². The largest absolute Gasteiger partial charge is 0.444 e. The van der Waals surface area contributed by atoms with Gasteiger partial charge in [0.1, 0.15) is 17.4 Å². The third-order valence-corrected chi connectivity index (χ3v) is 3.83. The van der Waals surface area contributed by atoms with Gasteiger partial charge in [0.2, 0.25) is 0 Å². The summed E-state index contributed by atoms with van der Waals surface area (Å²) in [4.78, 5) is 25.2. The van der Waals surface area contributed by atoms with Gasteiger partial charge in [0, 0.05) is 17.6 Å². The zero-order valence-electron chi connectivity index (χ0n) is 13.4. The van der Waals surface area contributed by atoms with Crippen LogP contribution in [0.2, 0.25) is 5.02 Å². The quantitative estimate of drug-likeness (QED) is 0.795. The van der Waals surface area contributed by atoms with Crippen molar-refractivity contribution in [1.82, 2.24) is 4.90 Å². The summed E-state index contributed by atoms with van der Waals surface area (Å²) in [6.45, 7) is 8.82. The first-order valence-corrected chi connectivity index (χ1v) is 7.09. The van der Waals surface area contributed by atoms with Crippen molar-refractivity contribution in [2.24, 2.45) is 0 Å². The molecule has 0 N–H and O–H groups in total. The molecule has 1 aromatic carbocycles. The minimum Gasteiger partial charge on any atom is -0.444 e. The Labute approximate surface area is 131 Å². The molecule has 5 heteroatoms. The second kappa shape index (κ2) is 6.06. The van der Waals surface area contributed by atoms with Gasteiger partial charge in [0.25, 0.3) is 0 Å². The van der Waals surface area contributed by atoms with E-state index < -0.39 is 17.2 Å². The summed E-state index contributed by atoms with van der Waals surface area (Å²) in [6, 6.07) is 5.40. The van der Waals surface area contributed by atoms with E-state index in [4.69, 9.17) is 16.3 Å². The molecule has 1 atom stereocenters. The average Bonchev–Trinajstić information content (AvgIpc) is 2.38. The topological polar surface area (TPSA) is 46.6 Å². The lowest BCUT2D eigenvalue weighted by atomic mass is 9.91. The summed E-state index contributed by atoms with van der Waals surface area (Å²) in [5.41, 5.74) is -0.399. The third kappa shape index (κ3) is 3.76. The van der Waals surface area contributed by atoms with E-state index in [2.05, 4.69) is 0 Å². The predicted octanol–water partition coefficient (Wildman–Crippen LogP) is 3.93. The predicted molar refractivity (Wildman–Crippen MR) is 83.6 cm³/mol. The SMILES string of the molecule is Cc1cccc(C(C)(C=O)N(C)C(=O)OC(C)(C)C)c1Cl. The molecule has 0 saturated heterocycles. The number of benzene rings is 1. The molecule has 0 spiro atoms. The number of nitrogens with zero attached hydrogens (tertiary/aromatic N) is 1. The number of carbonyl (C=O) groups is 2. The van der Waals surface area contributed by atoms with Gasteiger partial charge in [-0.1, -0.05) is 29.8 Å². The van der Waals surface area contributed by atoms with Gasteiger partial charge in [0.05, 0.1) is 0 Å². The Bertz CT molecular complexity index is 551. The fourth-order valence-electron chi connectivity index (χ4n) is 1.88. The molecule has 0 heterocycles. The molecule has 1 aromatic rings. The van der Waals surface area contributed by atoms with Crippen LogP contribution in [0.5, 0.6) is 0 Å². The first-order chi connectivity index (χ1) is 9.53. The third-order valence-electron chi connectivity index (χ3n) is 3.33. The van der Waals surface area contributed by atoms with Gasteiger partial charge < -0.3 is 9.53 Å². The van der Waals surface area contributed by atoms with Gasteiger partial charge in [-0.3, -0.25) is 4.90 Å². The number of aldehydes is 1. The van der Waals surface area contributed by atoms with Crippen LogP contribution in [-0.2, 0) is 15.1 Å². The zero-order chi connectivity index (χ0) is 16.4.